The Bertz CT molecular complexity index is 990. The number of aromatic nitrogens is 3. The molecule has 0 bridgehead atoms. The van der Waals surface area contributed by atoms with E-state index in [1.165, 1.54) is 29.4 Å². The van der Waals surface area contributed by atoms with Gasteiger partial charge in [-0.15, -0.1) is 0 Å². The highest BCUT2D eigenvalue weighted by Gasteiger charge is 2.18. The van der Waals surface area contributed by atoms with E-state index in [4.69, 9.17) is 27.9 Å². The molecule has 2 aromatic heterocycles. The van der Waals surface area contributed by atoms with Crippen LogP contribution < -0.4 is 10.2 Å². The normalized spacial score (nSPS) is 14.4. The third kappa shape index (κ3) is 4.66. The van der Waals surface area contributed by atoms with Gasteiger partial charge in [0.2, 0.25) is 5.91 Å². The van der Waals surface area contributed by atoms with Crippen molar-refractivity contribution in [2.75, 3.05) is 42.3 Å². The van der Waals surface area contributed by atoms with Gasteiger partial charge in [0.05, 0.1) is 19.0 Å². The molecule has 1 N–H and O–H groups in total. The predicted molar refractivity (Wildman–Crippen MR) is 114 cm³/mol. The van der Waals surface area contributed by atoms with E-state index in [9.17, 15) is 4.79 Å². The van der Waals surface area contributed by atoms with Gasteiger partial charge in [-0.1, -0.05) is 46.3 Å². The minimum atomic E-state index is -0.173. The van der Waals surface area contributed by atoms with Crippen molar-refractivity contribution < 1.29 is 9.53 Å². The SMILES string of the molecule is O=C(CSc1ncnc2nc(N3CCOCC3)sc12)Nc1cc(Cl)cc(Cl)c1. The van der Waals surface area contributed by atoms with Gasteiger partial charge in [-0.3, -0.25) is 4.79 Å². The maximum Gasteiger partial charge on any atom is 0.234 e. The maximum atomic E-state index is 12.3. The summed E-state index contributed by atoms with van der Waals surface area (Å²) < 4.78 is 6.27. The van der Waals surface area contributed by atoms with Crippen LogP contribution in [0.1, 0.15) is 0 Å². The van der Waals surface area contributed by atoms with Crippen LogP contribution in [0.3, 0.4) is 0 Å². The average molecular weight is 456 g/mol. The molecule has 1 aliphatic heterocycles. The van der Waals surface area contributed by atoms with E-state index < -0.39 is 0 Å². The Hall–Kier alpha value is -1.65. The third-order valence-corrected chi connectivity index (χ3v) is 6.58. The van der Waals surface area contributed by atoms with E-state index in [-0.39, 0.29) is 11.7 Å². The fraction of sp³-hybridized carbons (Fsp3) is 0.294. The molecule has 1 saturated heterocycles. The van der Waals surface area contributed by atoms with Crippen molar-refractivity contribution in [3.8, 4) is 0 Å². The van der Waals surface area contributed by atoms with Gasteiger partial charge < -0.3 is 15.0 Å². The number of halogens is 2. The van der Waals surface area contributed by atoms with Gasteiger partial charge in [-0.2, -0.15) is 4.98 Å². The number of fused-ring (bicyclic) bond motifs is 1. The number of hydrogen-bond acceptors (Lipinski definition) is 8. The van der Waals surface area contributed by atoms with Crippen molar-refractivity contribution >= 4 is 73.4 Å². The molecule has 1 amide bonds. The lowest BCUT2D eigenvalue weighted by molar-refractivity contribution is -0.113. The van der Waals surface area contributed by atoms with Crippen LogP contribution in [0, 0.1) is 0 Å². The number of morpholine rings is 1. The summed E-state index contributed by atoms with van der Waals surface area (Å²) in [6.45, 7) is 2.99. The Morgan fingerprint density at radius 1 is 1.21 bits per heavy atom. The molecular weight excluding hydrogens is 441 g/mol. The van der Waals surface area contributed by atoms with E-state index in [2.05, 4.69) is 25.2 Å². The summed E-state index contributed by atoms with van der Waals surface area (Å²) in [5.74, 6) is 0.0223. The predicted octanol–water partition coefficient (Wildman–Crippen LogP) is 3.96. The number of hydrogen-bond donors (Lipinski definition) is 1. The smallest absolute Gasteiger partial charge is 0.234 e. The standard InChI is InChI=1S/C17H15Cl2N5O2S2/c18-10-5-11(19)7-12(6-10)22-13(25)8-27-16-14-15(20-9-21-16)23-17(28-14)24-1-3-26-4-2-24/h5-7,9H,1-4,8H2,(H,22,25). The fourth-order valence-corrected chi connectivity index (χ4v) is 5.14. The van der Waals surface area contributed by atoms with Crippen LogP contribution in [-0.4, -0.2) is 52.9 Å². The number of nitrogens with one attached hydrogen (secondary N) is 1. The summed E-state index contributed by atoms with van der Waals surface area (Å²) in [4.78, 5) is 27.7. The molecule has 0 atom stereocenters. The minimum Gasteiger partial charge on any atom is -0.378 e. The zero-order chi connectivity index (χ0) is 19.5. The molecule has 28 heavy (non-hydrogen) atoms. The highest BCUT2D eigenvalue weighted by molar-refractivity contribution is 8.00. The number of thiazole rings is 1. The Morgan fingerprint density at radius 3 is 2.71 bits per heavy atom. The first-order valence-corrected chi connectivity index (χ1v) is 11.0. The van der Waals surface area contributed by atoms with Crippen LogP contribution in [0.2, 0.25) is 10.0 Å². The van der Waals surface area contributed by atoms with Crippen molar-refractivity contribution in [3.63, 3.8) is 0 Å². The van der Waals surface area contributed by atoms with Crippen molar-refractivity contribution in [3.05, 3.63) is 34.6 Å². The van der Waals surface area contributed by atoms with Gasteiger partial charge in [-0.05, 0) is 18.2 Å². The number of carbonyl (C=O) groups is 1. The zero-order valence-corrected chi connectivity index (χ0v) is 17.7. The van der Waals surface area contributed by atoms with E-state index in [1.807, 2.05) is 0 Å². The first-order valence-electron chi connectivity index (χ1n) is 8.41. The van der Waals surface area contributed by atoms with Crippen LogP contribution >= 0.6 is 46.3 Å². The summed E-state index contributed by atoms with van der Waals surface area (Å²) in [6.07, 6.45) is 1.47. The molecule has 11 heteroatoms. The summed E-state index contributed by atoms with van der Waals surface area (Å²) in [5.41, 5.74) is 1.20. The number of carbonyl (C=O) groups excluding carboxylic acids is 1. The molecular formula is C17H15Cl2N5O2S2. The second kappa shape index (κ2) is 8.79. The molecule has 0 unspecified atom stereocenters. The number of rotatable bonds is 5. The molecule has 0 radical (unpaired) electrons. The fourth-order valence-electron chi connectivity index (χ4n) is 2.67. The van der Waals surface area contributed by atoms with E-state index in [0.717, 1.165) is 27.9 Å². The number of amides is 1. The molecule has 146 valence electrons. The molecule has 1 aromatic carbocycles. The minimum absolute atomic E-state index is 0.173. The summed E-state index contributed by atoms with van der Waals surface area (Å²) in [5, 5.41) is 5.36. The summed E-state index contributed by atoms with van der Waals surface area (Å²) in [7, 11) is 0. The summed E-state index contributed by atoms with van der Waals surface area (Å²) >= 11 is 14.8. The zero-order valence-electron chi connectivity index (χ0n) is 14.5. The van der Waals surface area contributed by atoms with E-state index >= 15 is 0 Å². The van der Waals surface area contributed by atoms with Gasteiger partial charge in [-0.25, -0.2) is 9.97 Å². The molecule has 1 aliphatic rings. The molecule has 0 aliphatic carbocycles. The van der Waals surface area contributed by atoms with Gasteiger partial charge in [0.1, 0.15) is 16.1 Å². The molecule has 1 fully saturated rings. The first-order chi connectivity index (χ1) is 13.6. The molecule has 4 rings (SSSR count). The second-order valence-electron chi connectivity index (χ2n) is 5.92. The lowest BCUT2D eigenvalue weighted by atomic mass is 10.3. The van der Waals surface area contributed by atoms with Crippen LogP contribution in [0.15, 0.2) is 29.6 Å². The number of anilines is 2. The van der Waals surface area contributed by atoms with Gasteiger partial charge in [0, 0.05) is 28.8 Å². The van der Waals surface area contributed by atoms with Gasteiger partial charge in [0.25, 0.3) is 0 Å². The Morgan fingerprint density at radius 2 is 1.96 bits per heavy atom. The monoisotopic (exact) mass is 455 g/mol. The van der Waals surface area contributed by atoms with Gasteiger partial charge >= 0.3 is 0 Å². The van der Waals surface area contributed by atoms with Crippen molar-refractivity contribution in [2.45, 2.75) is 5.03 Å². The number of nitrogens with zero attached hydrogens (tertiary/aromatic N) is 4. The molecule has 0 spiro atoms. The maximum absolute atomic E-state index is 12.3. The Balaban J connectivity index is 1.45. The molecule has 3 aromatic rings. The van der Waals surface area contributed by atoms with Crippen molar-refractivity contribution in [2.24, 2.45) is 0 Å². The number of ether oxygens (including phenoxy) is 1. The second-order valence-corrected chi connectivity index (χ2v) is 8.74. The van der Waals surface area contributed by atoms with Crippen LogP contribution in [0.5, 0.6) is 0 Å². The summed E-state index contributed by atoms with van der Waals surface area (Å²) in [6, 6.07) is 4.91. The third-order valence-electron chi connectivity index (χ3n) is 3.92. The highest BCUT2D eigenvalue weighted by Crippen LogP contribution is 2.34. The Labute approximate surface area is 179 Å². The highest BCUT2D eigenvalue weighted by atomic mass is 35.5. The molecule has 7 nitrogen and oxygen atoms in total. The van der Waals surface area contributed by atoms with Crippen LogP contribution in [-0.2, 0) is 9.53 Å². The topological polar surface area (TPSA) is 80.2 Å². The quantitative estimate of drug-likeness (QED) is 0.460. The Kier molecular flexibility index (Phi) is 6.17. The van der Waals surface area contributed by atoms with E-state index in [0.29, 0.717) is 34.6 Å². The lowest BCUT2D eigenvalue weighted by Gasteiger charge is -2.25. The number of thioether (sulfide) groups is 1. The van der Waals surface area contributed by atoms with Crippen LogP contribution in [0.25, 0.3) is 10.3 Å². The van der Waals surface area contributed by atoms with E-state index in [1.54, 1.807) is 18.2 Å². The van der Waals surface area contributed by atoms with Gasteiger partial charge in [0.15, 0.2) is 10.8 Å². The molecule has 0 saturated carbocycles. The lowest BCUT2D eigenvalue weighted by Crippen LogP contribution is -2.36. The molecule has 3 heterocycles. The average Bonchev–Trinajstić information content (AvgIpc) is 3.11. The largest absolute Gasteiger partial charge is 0.378 e. The first kappa shape index (κ1) is 19.7. The number of benzene rings is 1. The van der Waals surface area contributed by atoms with Crippen LogP contribution in [0.4, 0.5) is 10.8 Å². The van der Waals surface area contributed by atoms with Crippen molar-refractivity contribution in [1.82, 2.24) is 15.0 Å². The van der Waals surface area contributed by atoms with Crippen molar-refractivity contribution in [1.29, 1.82) is 0 Å².